The van der Waals surface area contributed by atoms with Gasteiger partial charge in [0.25, 0.3) is 5.97 Å². The molecule has 47 heavy (non-hydrogen) atoms. The fraction of sp³-hybridized carbons (Fsp3) is 0.697. The molecule has 254 valence electrons. The van der Waals surface area contributed by atoms with Crippen molar-refractivity contribution >= 4 is 23.9 Å². The van der Waals surface area contributed by atoms with Crippen molar-refractivity contribution in [2.24, 2.45) is 22.2 Å². The summed E-state index contributed by atoms with van der Waals surface area (Å²) in [4.78, 5) is 52.6. The Balaban J connectivity index is 1.50. The van der Waals surface area contributed by atoms with Crippen molar-refractivity contribution in [3.63, 3.8) is 0 Å². The Morgan fingerprint density at radius 1 is 1.02 bits per heavy atom. The van der Waals surface area contributed by atoms with Crippen molar-refractivity contribution in [2.75, 3.05) is 7.11 Å². The zero-order valence-electron chi connectivity index (χ0n) is 27.1. The topological polar surface area (TPSA) is 186 Å². The molecule has 4 saturated carbocycles. The second kappa shape index (κ2) is 8.64. The standard InChI is InChI=1S/C33H38O14/c1-15(34)42-24-26(3)14-30(38)28(5,18(26)10-21(36)40-7)31-12-20-27(4)19(11-22(37)44-23(27)17-8-9-41-13-17)33(31,47-29(6,45-20)46-31)25(32(24,30)39)43-16(2)35/h8-9,11,13,18,20,23-25,38-39H,10,12,14H2,1-7H3. The van der Waals surface area contributed by atoms with Crippen molar-refractivity contribution in [1.29, 1.82) is 0 Å². The van der Waals surface area contributed by atoms with Gasteiger partial charge in [0.1, 0.15) is 23.4 Å². The highest BCUT2D eigenvalue weighted by Crippen LogP contribution is 2.87. The van der Waals surface area contributed by atoms with Gasteiger partial charge >= 0.3 is 23.9 Å². The van der Waals surface area contributed by atoms with E-state index in [0.717, 1.165) is 13.8 Å². The summed E-state index contributed by atoms with van der Waals surface area (Å²) in [5.74, 6) is -5.69. The summed E-state index contributed by atoms with van der Waals surface area (Å²) in [6, 6.07) is 1.66. The molecule has 14 heteroatoms. The van der Waals surface area contributed by atoms with Crippen LogP contribution in [0.5, 0.6) is 0 Å². The van der Waals surface area contributed by atoms with Crippen LogP contribution in [0.4, 0.5) is 0 Å². The highest BCUT2D eigenvalue weighted by atomic mass is 16.9. The average Bonchev–Trinajstić information content (AvgIpc) is 3.66. The van der Waals surface area contributed by atoms with E-state index < -0.39 is 98.8 Å². The quantitative estimate of drug-likeness (QED) is 0.344. The molecule has 8 rings (SSSR count). The first-order valence-corrected chi connectivity index (χ1v) is 15.7. The zero-order valence-corrected chi connectivity index (χ0v) is 27.1. The van der Waals surface area contributed by atoms with Gasteiger partial charge in [-0.2, -0.15) is 0 Å². The minimum absolute atomic E-state index is 0.000964. The highest BCUT2D eigenvalue weighted by molar-refractivity contribution is 5.86. The molecule has 0 amide bonds. The number of hydrogen-bond acceptors (Lipinski definition) is 14. The molecular weight excluding hydrogens is 620 g/mol. The number of carbonyl (C=O) groups is 4. The second-order valence-corrected chi connectivity index (χ2v) is 15.0. The summed E-state index contributed by atoms with van der Waals surface area (Å²) in [7, 11) is 1.24. The molecule has 13 unspecified atom stereocenters. The van der Waals surface area contributed by atoms with Crippen LogP contribution in [0.25, 0.3) is 0 Å². The monoisotopic (exact) mass is 658 g/mol. The molecular formula is C33H38O14. The van der Waals surface area contributed by atoms with Crippen molar-refractivity contribution < 1.29 is 67.0 Å². The van der Waals surface area contributed by atoms with Gasteiger partial charge in [0.2, 0.25) is 0 Å². The smallest absolute Gasteiger partial charge is 0.331 e. The van der Waals surface area contributed by atoms with Crippen LogP contribution in [0.15, 0.2) is 34.7 Å². The number of hydrogen-bond donors (Lipinski definition) is 2. The van der Waals surface area contributed by atoms with Crippen molar-refractivity contribution in [3.8, 4) is 0 Å². The van der Waals surface area contributed by atoms with E-state index in [1.807, 2.05) is 6.92 Å². The van der Waals surface area contributed by atoms with Crippen LogP contribution in [0, 0.1) is 22.2 Å². The van der Waals surface area contributed by atoms with Crippen LogP contribution in [0.1, 0.15) is 72.5 Å². The van der Waals surface area contributed by atoms with Gasteiger partial charge < -0.3 is 47.8 Å². The lowest BCUT2D eigenvalue weighted by atomic mass is 9.34. The lowest BCUT2D eigenvalue weighted by molar-refractivity contribution is -0.426. The number of rotatable bonds is 5. The highest BCUT2D eigenvalue weighted by Gasteiger charge is 3.01. The number of aliphatic hydroxyl groups is 2. The molecule has 5 bridgehead atoms. The maximum atomic E-state index is 13.6. The van der Waals surface area contributed by atoms with E-state index in [4.69, 9.17) is 37.6 Å². The Morgan fingerprint density at radius 3 is 2.32 bits per heavy atom. The Labute approximate surface area is 269 Å². The molecule has 0 radical (unpaired) electrons. The number of carbonyl (C=O) groups excluding carboxylic acids is 4. The van der Waals surface area contributed by atoms with E-state index in [1.165, 1.54) is 32.6 Å². The number of ether oxygens (including phenoxy) is 7. The van der Waals surface area contributed by atoms with E-state index in [1.54, 1.807) is 19.9 Å². The van der Waals surface area contributed by atoms with Gasteiger partial charge in [-0.25, -0.2) is 4.79 Å². The zero-order chi connectivity index (χ0) is 34.0. The first kappa shape index (κ1) is 31.0. The molecule has 1 spiro atoms. The molecule has 4 aliphatic carbocycles. The number of esters is 4. The van der Waals surface area contributed by atoms with Gasteiger partial charge in [0.05, 0.1) is 31.2 Å². The minimum Gasteiger partial charge on any atom is -0.472 e. The van der Waals surface area contributed by atoms with E-state index in [-0.39, 0.29) is 24.8 Å². The maximum Gasteiger partial charge on any atom is 0.331 e. The predicted octanol–water partition coefficient (Wildman–Crippen LogP) is 1.76. The Morgan fingerprint density at radius 2 is 1.70 bits per heavy atom. The first-order valence-electron chi connectivity index (χ1n) is 15.7. The minimum atomic E-state index is -2.55. The van der Waals surface area contributed by atoms with E-state index in [9.17, 15) is 29.4 Å². The number of fused-ring (bicyclic) bond motifs is 5. The Hall–Kier alpha value is -3.30. The van der Waals surface area contributed by atoms with Crippen LogP contribution < -0.4 is 0 Å². The van der Waals surface area contributed by atoms with Crippen LogP contribution in [0.3, 0.4) is 0 Å². The van der Waals surface area contributed by atoms with Crippen molar-refractivity contribution in [3.05, 3.63) is 35.8 Å². The number of furan rings is 1. The van der Waals surface area contributed by atoms with Crippen molar-refractivity contribution in [1.82, 2.24) is 0 Å². The van der Waals surface area contributed by atoms with Crippen LogP contribution in [-0.2, 0) is 52.3 Å². The van der Waals surface area contributed by atoms with Crippen LogP contribution in [-0.4, -0.2) is 87.9 Å². The van der Waals surface area contributed by atoms with Gasteiger partial charge in [-0.3, -0.25) is 14.4 Å². The van der Waals surface area contributed by atoms with Gasteiger partial charge in [-0.1, -0.05) is 13.8 Å². The Kier molecular flexibility index (Phi) is 5.70. The predicted molar refractivity (Wildman–Crippen MR) is 151 cm³/mol. The molecule has 7 aliphatic rings. The molecule has 0 aromatic carbocycles. The fourth-order valence-electron chi connectivity index (χ4n) is 11.7. The van der Waals surface area contributed by atoms with Crippen molar-refractivity contribution in [2.45, 2.75) is 114 Å². The van der Waals surface area contributed by atoms with Crippen LogP contribution >= 0.6 is 0 Å². The SMILES string of the molecule is COC(=O)CC1C2(C)CC3(O)C(O)(C2OC(C)=O)C(OC(C)=O)C24OC5(C)OC(CC2(O5)C13C)C1(C)C4=CC(=O)OC1c1ccoc1. The molecule has 3 aliphatic heterocycles. The van der Waals surface area contributed by atoms with Gasteiger partial charge in [0.15, 0.2) is 17.3 Å². The molecule has 2 saturated heterocycles. The molecule has 4 heterocycles. The lowest BCUT2D eigenvalue weighted by Gasteiger charge is -2.75. The van der Waals surface area contributed by atoms with Gasteiger partial charge in [-0.05, 0) is 30.9 Å². The van der Waals surface area contributed by atoms with Gasteiger partial charge in [0, 0.05) is 56.1 Å². The summed E-state index contributed by atoms with van der Waals surface area (Å²) in [6.45, 7) is 9.11. The lowest BCUT2D eigenvalue weighted by Crippen LogP contribution is -2.92. The summed E-state index contributed by atoms with van der Waals surface area (Å²) in [6.07, 6.45) is -1.38. The summed E-state index contributed by atoms with van der Waals surface area (Å²) < 4.78 is 48.9. The maximum absolute atomic E-state index is 13.6. The summed E-state index contributed by atoms with van der Waals surface area (Å²) in [5.41, 5.74) is -11.8. The van der Waals surface area contributed by atoms with E-state index in [0.29, 0.717) is 5.56 Å². The largest absolute Gasteiger partial charge is 0.472 e. The number of cyclic esters (lactones) is 1. The average molecular weight is 659 g/mol. The summed E-state index contributed by atoms with van der Waals surface area (Å²) >= 11 is 0. The molecule has 1 aromatic rings. The molecule has 1 aromatic heterocycles. The molecule has 14 nitrogen and oxygen atoms in total. The first-order chi connectivity index (χ1) is 21.8. The third-order valence-electron chi connectivity index (χ3n) is 13.1. The second-order valence-electron chi connectivity index (χ2n) is 15.0. The molecule has 6 fully saturated rings. The number of methoxy groups -OCH3 is 1. The van der Waals surface area contributed by atoms with E-state index in [2.05, 4.69) is 0 Å². The molecule has 2 N–H and O–H groups in total. The summed E-state index contributed by atoms with van der Waals surface area (Å²) in [5, 5.41) is 26.5. The normalized spacial score (nSPS) is 52.7. The fourth-order valence-corrected chi connectivity index (χ4v) is 11.7. The van der Waals surface area contributed by atoms with E-state index >= 15 is 0 Å². The van der Waals surface area contributed by atoms with Crippen LogP contribution in [0.2, 0.25) is 0 Å². The van der Waals surface area contributed by atoms with Gasteiger partial charge in [-0.15, -0.1) is 0 Å². The third kappa shape index (κ3) is 2.99. The third-order valence-corrected chi connectivity index (χ3v) is 13.1. The Bertz CT molecular complexity index is 1670. The molecule has 13 atom stereocenters.